The number of hydrogen-bond donors (Lipinski definition) is 1. The molecule has 1 heterocycles. The Morgan fingerprint density at radius 2 is 2.00 bits per heavy atom. The summed E-state index contributed by atoms with van der Waals surface area (Å²) in [5.74, 6) is 0. The standard InChI is InChI=1S/C14H19ClN2O3S/c1-2-12-5-3-4-10-17(12)14(18)16-11-6-8-13(9-7-11)21(15,19)20/h6-9,12H,2-5,10H2,1H3,(H,16,18). The Kier molecular flexibility index (Phi) is 5.11. The van der Waals surface area contributed by atoms with Crippen LogP contribution in [0.1, 0.15) is 32.6 Å². The van der Waals surface area contributed by atoms with Gasteiger partial charge in [-0.1, -0.05) is 6.92 Å². The van der Waals surface area contributed by atoms with E-state index in [1.165, 1.54) is 24.3 Å². The van der Waals surface area contributed by atoms with Gasteiger partial charge in [-0.25, -0.2) is 13.2 Å². The van der Waals surface area contributed by atoms with Crippen molar-refractivity contribution >= 4 is 31.5 Å². The molecule has 0 radical (unpaired) electrons. The fourth-order valence-corrected chi connectivity index (χ4v) is 3.36. The van der Waals surface area contributed by atoms with Crippen LogP contribution in [0.4, 0.5) is 10.5 Å². The lowest BCUT2D eigenvalue weighted by atomic mass is 10.0. The molecule has 1 aromatic carbocycles. The van der Waals surface area contributed by atoms with E-state index in [0.29, 0.717) is 5.69 Å². The molecule has 1 fully saturated rings. The summed E-state index contributed by atoms with van der Waals surface area (Å²) in [6.07, 6.45) is 4.15. The summed E-state index contributed by atoms with van der Waals surface area (Å²) in [5, 5.41) is 2.80. The molecule has 0 saturated carbocycles. The second-order valence-corrected chi connectivity index (χ2v) is 7.71. The molecule has 2 amide bonds. The van der Waals surface area contributed by atoms with E-state index in [-0.39, 0.29) is 17.0 Å². The number of nitrogens with one attached hydrogen (secondary N) is 1. The minimum atomic E-state index is -3.73. The molecule has 1 N–H and O–H groups in total. The third kappa shape index (κ3) is 4.11. The van der Waals surface area contributed by atoms with Crippen LogP contribution in [-0.4, -0.2) is 31.9 Å². The minimum absolute atomic E-state index is 0.0200. The van der Waals surface area contributed by atoms with E-state index < -0.39 is 9.05 Å². The number of anilines is 1. The first-order valence-electron chi connectivity index (χ1n) is 7.04. The molecule has 21 heavy (non-hydrogen) atoms. The number of carbonyl (C=O) groups is 1. The summed E-state index contributed by atoms with van der Waals surface area (Å²) in [5.41, 5.74) is 0.560. The Labute approximate surface area is 129 Å². The van der Waals surface area contributed by atoms with Crippen LogP contribution in [0.5, 0.6) is 0 Å². The first-order chi connectivity index (χ1) is 9.91. The maximum Gasteiger partial charge on any atom is 0.322 e. The van der Waals surface area contributed by atoms with E-state index in [1.54, 1.807) is 0 Å². The van der Waals surface area contributed by atoms with Crippen LogP contribution in [0, 0.1) is 0 Å². The fraction of sp³-hybridized carbons (Fsp3) is 0.500. The van der Waals surface area contributed by atoms with Crippen LogP contribution in [0.25, 0.3) is 0 Å². The third-order valence-corrected chi connectivity index (χ3v) is 5.12. The quantitative estimate of drug-likeness (QED) is 0.864. The molecule has 1 unspecified atom stereocenters. The first kappa shape index (κ1) is 16.1. The van der Waals surface area contributed by atoms with Crippen LogP contribution in [-0.2, 0) is 9.05 Å². The van der Waals surface area contributed by atoms with Crippen molar-refractivity contribution in [2.45, 2.75) is 43.5 Å². The van der Waals surface area contributed by atoms with E-state index in [1.807, 2.05) is 4.90 Å². The summed E-state index contributed by atoms with van der Waals surface area (Å²) in [6.45, 7) is 2.84. The predicted molar refractivity (Wildman–Crippen MR) is 83.1 cm³/mol. The molecule has 116 valence electrons. The number of carbonyl (C=O) groups excluding carboxylic acids is 1. The van der Waals surface area contributed by atoms with Crippen molar-refractivity contribution in [3.8, 4) is 0 Å². The molecule has 1 aromatic rings. The third-order valence-electron chi connectivity index (χ3n) is 3.75. The SMILES string of the molecule is CCC1CCCCN1C(=O)Nc1ccc(S(=O)(=O)Cl)cc1. The largest absolute Gasteiger partial charge is 0.322 e. The molecule has 5 nitrogen and oxygen atoms in total. The molecule has 7 heteroatoms. The Bertz CT molecular complexity index is 601. The van der Waals surface area contributed by atoms with Crippen LogP contribution in [0.3, 0.4) is 0 Å². The van der Waals surface area contributed by atoms with Gasteiger partial charge in [0.25, 0.3) is 9.05 Å². The van der Waals surface area contributed by atoms with Gasteiger partial charge in [-0.2, -0.15) is 0 Å². The lowest BCUT2D eigenvalue weighted by Crippen LogP contribution is -2.45. The van der Waals surface area contributed by atoms with E-state index in [0.717, 1.165) is 32.2 Å². The molecule has 2 rings (SSSR count). The Balaban J connectivity index is 2.05. The summed E-state index contributed by atoms with van der Waals surface area (Å²) in [6, 6.07) is 5.98. The highest BCUT2D eigenvalue weighted by Gasteiger charge is 2.25. The summed E-state index contributed by atoms with van der Waals surface area (Å²) >= 11 is 0. The fourth-order valence-electron chi connectivity index (χ4n) is 2.59. The Morgan fingerprint density at radius 1 is 1.33 bits per heavy atom. The number of rotatable bonds is 3. The number of likely N-dealkylation sites (tertiary alicyclic amines) is 1. The number of nitrogens with zero attached hydrogens (tertiary/aromatic N) is 1. The van der Waals surface area contributed by atoms with E-state index in [4.69, 9.17) is 10.7 Å². The summed E-state index contributed by atoms with van der Waals surface area (Å²) in [7, 11) is 1.52. The first-order valence-corrected chi connectivity index (χ1v) is 9.35. The minimum Gasteiger partial charge on any atom is -0.322 e. The molecule has 0 bridgehead atoms. The Morgan fingerprint density at radius 3 is 2.57 bits per heavy atom. The lowest BCUT2D eigenvalue weighted by Gasteiger charge is -2.35. The van der Waals surface area contributed by atoms with Crippen LogP contribution in [0.2, 0.25) is 0 Å². The van der Waals surface area contributed by atoms with Crippen molar-refractivity contribution in [3.05, 3.63) is 24.3 Å². The van der Waals surface area contributed by atoms with Crippen molar-refractivity contribution in [2.24, 2.45) is 0 Å². The smallest absolute Gasteiger partial charge is 0.322 e. The molecule has 0 aliphatic carbocycles. The monoisotopic (exact) mass is 330 g/mol. The number of hydrogen-bond acceptors (Lipinski definition) is 3. The van der Waals surface area contributed by atoms with Crippen molar-refractivity contribution in [2.75, 3.05) is 11.9 Å². The van der Waals surface area contributed by atoms with Gasteiger partial charge in [0.2, 0.25) is 0 Å². The topological polar surface area (TPSA) is 66.5 Å². The van der Waals surface area contributed by atoms with Gasteiger partial charge in [-0.3, -0.25) is 0 Å². The number of halogens is 1. The zero-order chi connectivity index (χ0) is 15.5. The second kappa shape index (κ2) is 6.66. The average molecular weight is 331 g/mol. The Hall–Kier alpha value is -1.27. The van der Waals surface area contributed by atoms with Crippen molar-refractivity contribution < 1.29 is 13.2 Å². The highest BCUT2D eigenvalue weighted by molar-refractivity contribution is 8.13. The van der Waals surface area contributed by atoms with Crippen molar-refractivity contribution in [1.82, 2.24) is 4.90 Å². The van der Waals surface area contributed by atoms with Crippen molar-refractivity contribution in [1.29, 1.82) is 0 Å². The normalized spacial score (nSPS) is 19.3. The highest BCUT2D eigenvalue weighted by Crippen LogP contribution is 2.22. The van der Waals surface area contributed by atoms with Gasteiger partial charge in [0, 0.05) is 29.0 Å². The van der Waals surface area contributed by atoms with E-state index >= 15 is 0 Å². The number of piperidine rings is 1. The second-order valence-electron chi connectivity index (χ2n) is 5.14. The van der Waals surface area contributed by atoms with Gasteiger partial charge < -0.3 is 10.2 Å². The van der Waals surface area contributed by atoms with E-state index in [2.05, 4.69) is 12.2 Å². The van der Waals surface area contributed by atoms with Gasteiger partial charge >= 0.3 is 6.03 Å². The van der Waals surface area contributed by atoms with Gasteiger partial charge in [-0.15, -0.1) is 0 Å². The van der Waals surface area contributed by atoms with E-state index in [9.17, 15) is 13.2 Å². The predicted octanol–water partition coefficient (Wildman–Crippen LogP) is 3.41. The van der Waals surface area contributed by atoms with Gasteiger partial charge in [0.05, 0.1) is 4.90 Å². The number of benzene rings is 1. The maximum atomic E-state index is 12.3. The molecule has 0 spiro atoms. The van der Waals surface area contributed by atoms with Crippen LogP contribution in [0.15, 0.2) is 29.2 Å². The summed E-state index contributed by atoms with van der Waals surface area (Å²) < 4.78 is 22.3. The van der Waals surface area contributed by atoms with Crippen molar-refractivity contribution in [3.63, 3.8) is 0 Å². The van der Waals surface area contributed by atoms with Gasteiger partial charge in [-0.05, 0) is 49.9 Å². The zero-order valence-electron chi connectivity index (χ0n) is 11.9. The summed E-state index contributed by atoms with van der Waals surface area (Å²) in [4.78, 5) is 14.2. The highest BCUT2D eigenvalue weighted by atomic mass is 35.7. The maximum absolute atomic E-state index is 12.3. The van der Waals surface area contributed by atoms with Crippen LogP contribution >= 0.6 is 10.7 Å². The number of urea groups is 1. The molecule has 1 atom stereocenters. The molecule has 1 aliphatic rings. The van der Waals surface area contributed by atoms with Gasteiger partial charge in [0.15, 0.2) is 0 Å². The number of amides is 2. The van der Waals surface area contributed by atoms with Crippen LogP contribution < -0.4 is 5.32 Å². The molecule has 0 aromatic heterocycles. The molecular formula is C14H19ClN2O3S. The van der Waals surface area contributed by atoms with Gasteiger partial charge in [0.1, 0.15) is 0 Å². The molecule has 1 aliphatic heterocycles. The zero-order valence-corrected chi connectivity index (χ0v) is 13.5. The molecule has 1 saturated heterocycles. The molecular weight excluding hydrogens is 312 g/mol. The lowest BCUT2D eigenvalue weighted by molar-refractivity contribution is 0.160. The average Bonchev–Trinajstić information content (AvgIpc) is 2.46.